The SMILES string of the molecule is COc1ccc(Br)cc1CN(C)C(=O)c1cccc(C#N)c1. The molecule has 2 aromatic carbocycles. The first kappa shape index (κ1) is 16.1. The molecule has 2 rings (SSSR count). The van der Waals surface area contributed by atoms with E-state index in [0.29, 0.717) is 17.7 Å². The summed E-state index contributed by atoms with van der Waals surface area (Å²) in [6.45, 7) is 0.415. The summed E-state index contributed by atoms with van der Waals surface area (Å²) in [7, 11) is 3.33. The molecule has 0 fully saturated rings. The zero-order valence-electron chi connectivity index (χ0n) is 12.3. The average molecular weight is 359 g/mol. The molecule has 1 amide bonds. The first-order valence-electron chi connectivity index (χ1n) is 6.63. The van der Waals surface area contributed by atoms with E-state index >= 15 is 0 Å². The van der Waals surface area contributed by atoms with Crippen LogP contribution in [0.4, 0.5) is 0 Å². The molecule has 2 aromatic rings. The highest BCUT2D eigenvalue weighted by Gasteiger charge is 2.14. The number of hydrogen-bond donors (Lipinski definition) is 0. The normalized spacial score (nSPS) is 9.91. The Morgan fingerprint density at radius 2 is 2.09 bits per heavy atom. The Labute approximate surface area is 138 Å². The molecule has 5 heteroatoms. The van der Waals surface area contributed by atoms with Gasteiger partial charge in [0.05, 0.1) is 18.7 Å². The summed E-state index contributed by atoms with van der Waals surface area (Å²) >= 11 is 3.42. The van der Waals surface area contributed by atoms with Crippen molar-refractivity contribution in [3.8, 4) is 11.8 Å². The molecule has 0 aromatic heterocycles. The minimum absolute atomic E-state index is 0.140. The van der Waals surface area contributed by atoms with Gasteiger partial charge in [0.15, 0.2) is 0 Å². The van der Waals surface area contributed by atoms with Crippen molar-refractivity contribution < 1.29 is 9.53 Å². The molecule has 0 saturated carbocycles. The summed E-state index contributed by atoms with van der Waals surface area (Å²) in [6.07, 6.45) is 0. The molecule has 0 radical (unpaired) electrons. The quantitative estimate of drug-likeness (QED) is 0.838. The Balaban J connectivity index is 2.21. The second kappa shape index (κ2) is 7.10. The molecule has 22 heavy (non-hydrogen) atoms. The third kappa shape index (κ3) is 3.66. The fraction of sp³-hybridized carbons (Fsp3) is 0.176. The third-order valence-corrected chi connectivity index (χ3v) is 3.73. The van der Waals surface area contributed by atoms with Crippen molar-refractivity contribution in [3.05, 3.63) is 63.6 Å². The number of carbonyl (C=O) groups is 1. The number of carbonyl (C=O) groups excluding carboxylic acids is 1. The van der Waals surface area contributed by atoms with Crippen LogP contribution in [0.2, 0.25) is 0 Å². The molecule has 0 bridgehead atoms. The topological polar surface area (TPSA) is 53.3 Å². The van der Waals surface area contributed by atoms with E-state index in [1.807, 2.05) is 24.3 Å². The molecule has 0 heterocycles. The van der Waals surface area contributed by atoms with E-state index in [-0.39, 0.29) is 5.91 Å². The number of halogens is 1. The number of methoxy groups -OCH3 is 1. The highest BCUT2D eigenvalue weighted by Crippen LogP contribution is 2.24. The van der Waals surface area contributed by atoms with Gasteiger partial charge in [-0.3, -0.25) is 4.79 Å². The van der Waals surface area contributed by atoms with Gasteiger partial charge in [0.2, 0.25) is 0 Å². The second-order valence-electron chi connectivity index (χ2n) is 4.81. The molecule has 0 unspecified atom stereocenters. The van der Waals surface area contributed by atoms with Gasteiger partial charge < -0.3 is 9.64 Å². The van der Waals surface area contributed by atoms with E-state index in [0.717, 1.165) is 15.8 Å². The molecule has 112 valence electrons. The standard InChI is InChI=1S/C17H15BrN2O2/c1-20(11-14-9-15(18)6-7-16(14)22-2)17(21)13-5-3-4-12(8-13)10-19/h3-9H,11H2,1-2H3. The molecule has 0 atom stereocenters. The van der Waals surface area contributed by atoms with Crippen molar-refractivity contribution in [2.75, 3.05) is 14.2 Å². The van der Waals surface area contributed by atoms with Crippen molar-refractivity contribution in [2.24, 2.45) is 0 Å². The van der Waals surface area contributed by atoms with Crippen LogP contribution in [-0.4, -0.2) is 25.0 Å². The lowest BCUT2D eigenvalue weighted by Gasteiger charge is -2.19. The number of ether oxygens (including phenoxy) is 1. The van der Waals surface area contributed by atoms with Crippen LogP contribution in [0.25, 0.3) is 0 Å². The maximum atomic E-state index is 12.5. The monoisotopic (exact) mass is 358 g/mol. The first-order valence-corrected chi connectivity index (χ1v) is 7.42. The number of nitriles is 1. The van der Waals surface area contributed by atoms with Gasteiger partial charge in [-0.2, -0.15) is 5.26 Å². The molecule has 0 N–H and O–H groups in total. The van der Waals surface area contributed by atoms with E-state index in [1.54, 1.807) is 43.3 Å². The Morgan fingerprint density at radius 3 is 2.77 bits per heavy atom. The smallest absolute Gasteiger partial charge is 0.253 e. The summed E-state index contributed by atoms with van der Waals surface area (Å²) in [5.41, 5.74) is 1.87. The summed E-state index contributed by atoms with van der Waals surface area (Å²) in [5, 5.41) is 8.92. The largest absolute Gasteiger partial charge is 0.496 e. The van der Waals surface area contributed by atoms with Gasteiger partial charge in [-0.25, -0.2) is 0 Å². The van der Waals surface area contributed by atoms with E-state index in [4.69, 9.17) is 10.00 Å². The highest BCUT2D eigenvalue weighted by molar-refractivity contribution is 9.10. The fourth-order valence-corrected chi connectivity index (χ4v) is 2.55. The number of benzene rings is 2. The van der Waals surface area contributed by atoms with Crippen molar-refractivity contribution in [1.82, 2.24) is 4.90 Å². The average Bonchev–Trinajstić information content (AvgIpc) is 2.54. The van der Waals surface area contributed by atoms with Crippen LogP contribution in [-0.2, 0) is 6.54 Å². The van der Waals surface area contributed by atoms with Crippen LogP contribution >= 0.6 is 15.9 Å². The van der Waals surface area contributed by atoms with Crippen LogP contribution in [0.3, 0.4) is 0 Å². The number of hydrogen-bond acceptors (Lipinski definition) is 3. The van der Waals surface area contributed by atoms with Gasteiger partial charge in [0, 0.05) is 29.2 Å². The van der Waals surface area contributed by atoms with Gasteiger partial charge in [0.25, 0.3) is 5.91 Å². The molecule has 4 nitrogen and oxygen atoms in total. The molecule has 0 saturated heterocycles. The molecule has 0 aliphatic heterocycles. The van der Waals surface area contributed by atoms with Crippen LogP contribution in [0.15, 0.2) is 46.9 Å². The minimum Gasteiger partial charge on any atom is -0.496 e. The van der Waals surface area contributed by atoms with Crippen LogP contribution in [0.5, 0.6) is 5.75 Å². The van der Waals surface area contributed by atoms with Gasteiger partial charge >= 0.3 is 0 Å². The van der Waals surface area contributed by atoms with Crippen LogP contribution in [0.1, 0.15) is 21.5 Å². The minimum atomic E-state index is -0.140. The maximum Gasteiger partial charge on any atom is 0.253 e. The van der Waals surface area contributed by atoms with Crippen molar-refractivity contribution in [1.29, 1.82) is 5.26 Å². The lowest BCUT2D eigenvalue weighted by Crippen LogP contribution is -2.26. The predicted molar refractivity (Wildman–Crippen MR) is 87.6 cm³/mol. The van der Waals surface area contributed by atoms with E-state index in [1.165, 1.54) is 0 Å². The second-order valence-corrected chi connectivity index (χ2v) is 5.73. The summed E-state index contributed by atoms with van der Waals surface area (Å²) in [5.74, 6) is 0.591. The fourth-order valence-electron chi connectivity index (χ4n) is 2.14. The predicted octanol–water partition coefficient (Wildman–Crippen LogP) is 3.60. The van der Waals surface area contributed by atoms with Gasteiger partial charge in [-0.1, -0.05) is 22.0 Å². The van der Waals surface area contributed by atoms with Crippen LogP contribution < -0.4 is 4.74 Å². The Hall–Kier alpha value is -2.32. The molecular weight excluding hydrogens is 344 g/mol. The van der Waals surface area contributed by atoms with Gasteiger partial charge in [0.1, 0.15) is 5.75 Å². The van der Waals surface area contributed by atoms with Crippen molar-refractivity contribution in [3.63, 3.8) is 0 Å². The van der Waals surface area contributed by atoms with E-state index in [9.17, 15) is 4.79 Å². The summed E-state index contributed by atoms with van der Waals surface area (Å²) < 4.78 is 6.25. The van der Waals surface area contributed by atoms with E-state index in [2.05, 4.69) is 15.9 Å². The number of rotatable bonds is 4. The summed E-state index contributed by atoms with van der Waals surface area (Å²) in [6, 6.07) is 14.4. The molecule has 0 spiro atoms. The zero-order valence-corrected chi connectivity index (χ0v) is 13.9. The molecule has 0 aliphatic carbocycles. The lowest BCUT2D eigenvalue weighted by molar-refractivity contribution is 0.0784. The lowest BCUT2D eigenvalue weighted by atomic mass is 10.1. The molecule has 0 aliphatic rings. The first-order chi connectivity index (χ1) is 10.5. The Morgan fingerprint density at radius 1 is 1.32 bits per heavy atom. The number of amides is 1. The Bertz CT molecular complexity index is 738. The van der Waals surface area contributed by atoms with Gasteiger partial charge in [-0.15, -0.1) is 0 Å². The van der Waals surface area contributed by atoms with E-state index < -0.39 is 0 Å². The maximum absolute atomic E-state index is 12.5. The number of nitrogens with zero attached hydrogens (tertiary/aromatic N) is 2. The zero-order chi connectivity index (χ0) is 16.1. The third-order valence-electron chi connectivity index (χ3n) is 3.24. The summed E-state index contributed by atoms with van der Waals surface area (Å²) in [4.78, 5) is 14.1. The Kier molecular flexibility index (Phi) is 5.18. The van der Waals surface area contributed by atoms with Crippen molar-refractivity contribution in [2.45, 2.75) is 6.54 Å². The highest BCUT2D eigenvalue weighted by atomic mass is 79.9. The van der Waals surface area contributed by atoms with Gasteiger partial charge in [-0.05, 0) is 36.4 Å². The van der Waals surface area contributed by atoms with Crippen LogP contribution in [0, 0.1) is 11.3 Å². The van der Waals surface area contributed by atoms with Crippen molar-refractivity contribution >= 4 is 21.8 Å². The molecular formula is C17H15BrN2O2.